The highest BCUT2D eigenvalue weighted by molar-refractivity contribution is 6.39. The van der Waals surface area contributed by atoms with Crippen molar-refractivity contribution in [1.29, 1.82) is 0 Å². The lowest BCUT2D eigenvalue weighted by atomic mass is 10.1. The molecule has 2 aromatic carbocycles. The minimum atomic E-state index is -1.04. The molecule has 0 aromatic heterocycles. The zero-order valence-corrected chi connectivity index (χ0v) is 15.4. The van der Waals surface area contributed by atoms with Crippen LogP contribution < -0.4 is 10.1 Å². The predicted molar refractivity (Wildman–Crippen MR) is 97.7 cm³/mol. The first kappa shape index (κ1) is 19.1. The Hall–Kier alpha value is -2.24. The van der Waals surface area contributed by atoms with E-state index in [2.05, 4.69) is 5.32 Å². The summed E-state index contributed by atoms with van der Waals surface area (Å²) in [5.74, 6) is -0.608. The van der Waals surface area contributed by atoms with E-state index in [0.29, 0.717) is 15.8 Å². The van der Waals surface area contributed by atoms with Crippen LogP contribution in [0.15, 0.2) is 36.4 Å². The highest BCUT2D eigenvalue weighted by Gasteiger charge is 2.21. The standard InChI is InChI=1S/C18H17Cl2NO4/c1-10-7-8-12(9-15(10)24-3)18(23)25-11(2)17(22)21-16-13(19)5-4-6-14(16)20/h4-9,11H,1-3H3,(H,21,22)/t11-/m0/s1. The highest BCUT2D eigenvalue weighted by Crippen LogP contribution is 2.30. The van der Waals surface area contributed by atoms with Crippen molar-refractivity contribution >= 4 is 40.8 Å². The molecule has 25 heavy (non-hydrogen) atoms. The molecule has 0 fully saturated rings. The molecule has 2 rings (SSSR count). The van der Waals surface area contributed by atoms with Gasteiger partial charge in [-0.1, -0.05) is 35.3 Å². The first-order valence-corrected chi connectivity index (χ1v) is 8.19. The SMILES string of the molecule is COc1cc(C(=O)O[C@@H](C)C(=O)Nc2c(Cl)cccc2Cl)ccc1C. The minimum Gasteiger partial charge on any atom is -0.496 e. The lowest BCUT2D eigenvalue weighted by Crippen LogP contribution is -2.30. The molecule has 1 amide bonds. The Bertz CT molecular complexity index is 787. The number of carbonyl (C=O) groups excluding carboxylic acids is 2. The third kappa shape index (κ3) is 4.65. The van der Waals surface area contributed by atoms with Crippen molar-refractivity contribution in [3.63, 3.8) is 0 Å². The number of carbonyl (C=O) groups is 2. The fourth-order valence-corrected chi connectivity index (χ4v) is 2.56. The largest absolute Gasteiger partial charge is 0.496 e. The molecular formula is C18H17Cl2NO4. The lowest BCUT2D eigenvalue weighted by Gasteiger charge is -2.15. The third-order valence-corrected chi connectivity index (χ3v) is 4.14. The van der Waals surface area contributed by atoms with Gasteiger partial charge in [0, 0.05) is 0 Å². The van der Waals surface area contributed by atoms with Gasteiger partial charge in [-0.05, 0) is 43.7 Å². The summed E-state index contributed by atoms with van der Waals surface area (Å²) in [6.45, 7) is 3.32. The number of hydrogen-bond donors (Lipinski definition) is 1. The number of para-hydroxylation sites is 1. The Labute approximate surface area is 155 Å². The molecule has 0 aliphatic rings. The fourth-order valence-electron chi connectivity index (χ4n) is 2.07. The maximum absolute atomic E-state index is 12.2. The number of anilines is 1. The summed E-state index contributed by atoms with van der Waals surface area (Å²) in [6, 6.07) is 9.76. The van der Waals surface area contributed by atoms with E-state index in [4.69, 9.17) is 32.7 Å². The van der Waals surface area contributed by atoms with Crippen LogP contribution in [0.1, 0.15) is 22.8 Å². The van der Waals surface area contributed by atoms with Crippen molar-refractivity contribution in [2.24, 2.45) is 0 Å². The van der Waals surface area contributed by atoms with Crippen LogP contribution in [-0.2, 0) is 9.53 Å². The fraction of sp³-hybridized carbons (Fsp3) is 0.222. The first-order valence-electron chi connectivity index (χ1n) is 7.44. The van der Waals surface area contributed by atoms with Gasteiger partial charge in [-0.3, -0.25) is 4.79 Å². The maximum atomic E-state index is 12.2. The number of amides is 1. The maximum Gasteiger partial charge on any atom is 0.339 e. The quantitative estimate of drug-likeness (QED) is 0.774. The Morgan fingerprint density at radius 2 is 1.76 bits per heavy atom. The van der Waals surface area contributed by atoms with Crippen molar-refractivity contribution in [1.82, 2.24) is 0 Å². The normalized spacial score (nSPS) is 11.6. The van der Waals surface area contributed by atoms with Crippen LogP contribution in [-0.4, -0.2) is 25.1 Å². The molecular weight excluding hydrogens is 365 g/mol. The van der Waals surface area contributed by atoms with Gasteiger partial charge in [-0.2, -0.15) is 0 Å². The molecule has 0 radical (unpaired) electrons. The second-order valence-electron chi connectivity index (χ2n) is 5.32. The summed E-state index contributed by atoms with van der Waals surface area (Å²) in [7, 11) is 1.51. The average Bonchev–Trinajstić information content (AvgIpc) is 2.58. The van der Waals surface area contributed by atoms with Crippen molar-refractivity contribution in [2.45, 2.75) is 20.0 Å². The second-order valence-corrected chi connectivity index (χ2v) is 6.13. The Morgan fingerprint density at radius 1 is 1.12 bits per heavy atom. The zero-order chi connectivity index (χ0) is 18.6. The van der Waals surface area contributed by atoms with Gasteiger partial charge in [0.1, 0.15) is 5.75 Å². The van der Waals surface area contributed by atoms with E-state index in [0.717, 1.165) is 5.56 Å². The van der Waals surface area contributed by atoms with E-state index >= 15 is 0 Å². The molecule has 0 bridgehead atoms. The van der Waals surface area contributed by atoms with E-state index in [1.807, 2.05) is 6.92 Å². The molecule has 0 spiro atoms. The summed E-state index contributed by atoms with van der Waals surface area (Å²) in [4.78, 5) is 24.4. The molecule has 0 aliphatic carbocycles. The smallest absolute Gasteiger partial charge is 0.339 e. The molecule has 132 valence electrons. The number of esters is 1. The van der Waals surface area contributed by atoms with Gasteiger partial charge in [-0.25, -0.2) is 4.79 Å². The number of nitrogens with one attached hydrogen (secondary N) is 1. The molecule has 0 aliphatic heterocycles. The number of rotatable bonds is 5. The van der Waals surface area contributed by atoms with Crippen molar-refractivity contribution < 1.29 is 19.1 Å². The van der Waals surface area contributed by atoms with E-state index < -0.39 is 18.0 Å². The van der Waals surface area contributed by atoms with E-state index in [-0.39, 0.29) is 11.3 Å². The van der Waals surface area contributed by atoms with Gasteiger partial charge < -0.3 is 14.8 Å². The van der Waals surface area contributed by atoms with Crippen LogP contribution in [0, 0.1) is 6.92 Å². The molecule has 1 atom stereocenters. The molecule has 0 saturated carbocycles. The second kappa shape index (κ2) is 8.23. The van der Waals surface area contributed by atoms with Crippen LogP contribution >= 0.6 is 23.2 Å². The van der Waals surface area contributed by atoms with Crippen molar-refractivity contribution in [3.05, 3.63) is 57.6 Å². The van der Waals surface area contributed by atoms with Crippen LogP contribution in [0.25, 0.3) is 0 Å². The molecule has 0 unspecified atom stereocenters. The van der Waals surface area contributed by atoms with Gasteiger partial charge in [0.05, 0.1) is 28.4 Å². The monoisotopic (exact) mass is 381 g/mol. The Kier molecular flexibility index (Phi) is 6.28. The van der Waals surface area contributed by atoms with Gasteiger partial charge in [-0.15, -0.1) is 0 Å². The number of benzene rings is 2. The highest BCUT2D eigenvalue weighted by atomic mass is 35.5. The summed E-state index contributed by atoms with van der Waals surface area (Å²) in [6.07, 6.45) is -1.04. The van der Waals surface area contributed by atoms with Crippen LogP contribution in [0.3, 0.4) is 0 Å². The number of hydrogen-bond acceptors (Lipinski definition) is 4. The summed E-state index contributed by atoms with van der Waals surface area (Å²) < 4.78 is 10.4. The predicted octanol–water partition coefficient (Wildman–Crippen LogP) is 4.49. The molecule has 1 N–H and O–H groups in total. The molecule has 0 heterocycles. The van der Waals surface area contributed by atoms with Gasteiger partial charge in [0.2, 0.25) is 0 Å². The Balaban J connectivity index is 2.07. The summed E-state index contributed by atoms with van der Waals surface area (Å²) in [5, 5.41) is 3.15. The number of methoxy groups -OCH3 is 1. The Morgan fingerprint density at radius 3 is 2.36 bits per heavy atom. The van der Waals surface area contributed by atoms with E-state index in [9.17, 15) is 9.59 Å². The summed E-state index contributed by atoms with van der Waals surface area (Å²) in [5.41, 5.74) is 1.45. The first-order chi connectivity index (χ1) is 11.8. The molecule has 7 heteroatoms. The van der Waals surface area contributed by atoms with Gasteiger partial charge in [0.15, 0.2) is 6.10 Å². The zero-order valence-electron chi connectivity index (χ0n) is 13.9. The van der Waals surface area contributed by atoms with E-state index in [1.54, 1.807) is 36.4 Å². The van der Waals surface area contributed by atoms with Crippen LogP contribution in [0.4, 0.5) is 5.69 Å². The molecule has 2 aromatic rings. The molecule has 5 nitrogen and oxygen atoms in total. The number of ether oxygens (including phenoxy) is 2. The van der Waals surface area contributed by atoms with Gasteiger partial charge >= 0.3 is 5.97 Å². The van der Waals surface area contributed by atoms with Crippen molar-refractivity contribution in [3.8, 4) is 5.75 Å². The van der Waals surface area contributed by atoms with E-state index in [1.165, 1.54) is 14.0 Å². The number of aryl methyl sites for hydroxylation is 1. The van der Waals surface area contributed by atoms with Crippen molar-refractivity contribution in [2.75, 3.05) is 12.4 Å². The average molecular weight is 382 g/mol. The minimum absolute atomic E-state index is 0.274. The lowest BCUT2D eigenvalue weighted by molar-refractivity contribution is -0.123. The molecule has 0 saturated heterocycles. The van der Waals surface area contributed by atoms with Crippen LogP contribution in [0.5, 0.6) is 5.75 Å². The summed E-state index contributed by atoms with van der Waals surface area (Å²) >= 11 is 12.0. The van der Waals surface area contributed by atoms with Crippen LogP contribution in [0.2, 0.25) is 10.0 Å². The number of halogens is 2. The third-order valence-electron chi connectivity index (χ3n) is 3.51. The topological polar surface area (TPSA) is 64.6 Å². The van der Waals surface area contributed by atoms with Gasteiger partial charge in [0.25, 0.3) is 5.91 Å².